The number of aromatic nitrogens is 1. The Kier molecular flexibility index (Phi) is 4.83. The van der Waals surface area contributed by atoms with Crippen LogP contribution in [0.4, 0.5) is 0 Å². The number of aryl methyl sites for hydroxylation is 1. The number of hydrogen-bond donors (Lipinski definition) is 2. The summed E-state index contributed by atoms with van der Waals surface area (Å²) in [6, 6.07) is 2.00. The maximum absolute atomic E-state index is 12.5. The molecular formula is C16H26N3O2+. The number of rotatable bonds is 5. The Balaban J connectivity index is 1.98. The average Bonchev–Trinajstić information content (AvgIpc) is 2.74. The molecule has 1 aliphatic rings. The molecule has 1 saturated heterocycles. The quantitative estimate of drug-likeness (QED) is 0.755. The van der Waals surface area contributed by atoms with Crippen molar-refractivity contribution < 1.29 is 14.5 Å². The maximum atomic E-state index is 12.5. The molecule has 0 atom stereocenters. The van der Waals surface area contributed by atoms with Crippen LogP contribution in [0.5, 0.6) is 0 Å². The number of likely N-dealkylation sites (tertiary alicyclic amines) is 1. The number of nitrogens with one attached hydrogen (secondary N) is 1. The van der Waals surface area contributed by atoms with Gasteiger partial charge in [0.25, 0.3) is 0 Å². The molecule has 21 heavy (non-hydrogen) atoms. The molecule has 1 aromatic rings. The number of ketones is 1. The first-order valence-corrected chi connectivity index (χ1v) is 7.76. The van der Waals surface area contributed by atoms with Gasteiger partial charge in [-0.1, -0.05) is 0 Å². The van der Waals surface area contributed by atoms with Gasteiger partial charge in [-0.3, -0.25) is 9.59 Å². The van der Waals surface area contributed by atoms with Crippen LogP contribution < -0.4 is 10.6 Å². The number of nitrogens with zero attached hydrogens (tertiary/aromatic N) is 1. The molecule has 116 valence electrons. The fraction of sp³-hybridized carbons (Fsp3) is 0.625. The van der Waals surface area contributed by atoms with E-state index in [4.69, 9.17) is 5.73 Å². The highest BCUT2D eigenvalue weighted by molar-refractivity contribution is 5.98. The lowest BCUT2D eigenvalue weighted by atomic mass is 9.96. The molecule has 0 saturated carbocycles. The van der Waals surface area contributed by atoms with Crippen molar-refractivity contribution in [3.63, 3.8) is 0 Å². The van der Waals surface area contributed by atoms with Crippen molar-refractivity contribution in [3.8, 4) is 0 Å². The molecule has 1 fully saturated rings. The first-order chi connectivity index (χ1) is 9.93. The number of Topliss-reactive ketones (excluding diaryl/α,β-unsaturated/α-hetero) is 1. The van der Waals surface area contributed by atoms with E-state index >= 15 is 0 Å². The van der Waals surface area contributed by atoms with E-state index in [0.717, 1.165) is 49.4 Å². The number of quaternary nitrogens is 1. The second-order valence-electron chi connectivity index (χ2n) is 6.06. The van der Waals surface area contributed by atoms with Gasteiger partial charge in [0.1, 0.15) is 6.54 Å². The molecule has 0 bridgehead atoms. The number of carbonyl (C=O) groups is 2. The molecule has 3 N–H and O–H groups in total. The van der Waals surface area contributed by atoms with Gasteiger partial charge in [0.05, 0.1) is 13.1 Å². The van der Waals surface area contributed by atoms with Gasteiger partial charge in [0.15, 0.2) is 0 Å². The third kappa shape index (κ3) is 3.35. The molecule has 5 heteroatoms. The summed E-state index contributed by atoms with van der Waals surface area (Å²) >= 11 is 0. The monoisotopic (exact) mass is 292 g/mol. The van der Waals surface area contributed by atoms with Crippen molar-refractivity contribution in [2.24, 2.45) is 11.7 Å². The van der Waals surface area contributed by atoms with Crippen molar-refractivity contribution in [1.29, 1.82) is 0 Å². The van der Waals surface area contributed by atoms with Crippen LogP contribution in [0.25, 0.3) is 0 Å². The first kappa shape index (κ1) is 15.8. The number of carbonyl (C=O) groups excluding carboxylic acids is 2. The van der Waals surface area contributed by atoms with Crippen molar-refractivity contribution in [3.05, 3.63) is 23.0 Å². The third-order valence-electron chi connectivity index (χ3n) is 4.70. The fourth-order valence-electron chi connectivity index (χ4n) is 3.38. The molecule has 0 radical (unpaired) electrons. The Bertz CT molecular complexity index is 540. The summed E-state index contributed by atoms with van der Waals surface area (Å²) in [7, 11) is 0. The molecular weight excluding hydrogens is 266 g/mol. The Hall–Kier alpha value is -1.62. The number of amides is 1. The SMILES string of the molecule is CCn1c(C)cc(C(=O)C[NH+]2CCC(C(N)=O)CC2)c1C. The lowest BCUT2D eigenvalue weighted by molar-refractivity contribution is -0.897. The zero-order valence-electron chi connectivity index (χ0n) is 13.2. The molecule has 1 aromatic heterocycles. The predicted octanol–water partition coefficient (Wildman–Crippen LogP) is 0.0877. The second kappa shape index (κ2) is 6.43. The minimum atomic E-state index is -0.202. The number of piperidine rings is 1. The average molecular weight is 292 g/mol. The van der Waals surface area contributed by atoms with E-state index in [-0.39, 0.29) is 17.6 Å². The van der Waals surface area contributed by atoms with E-state index in [9.17, 15) is 9.59 Å². The van der Waals surface area contributed by atoms with Crippen molar-refractivity contribution >= 4 is 11.7 Å². The zero-order valence-corrected chi connectivity index (χ0v) is 13.2. The molecule has 2 rings (SSSR count). The largest absolute Gasteiger partial charge is 0.369 e. The minimum Gasteiger partial charge on any atom is -0.369 e. The fourth-order valence-corrected chi connectivity index (χ4v) is 3.38. The van der Waals surface area contributed by atoms with Gasteiger partial charge in [-0.05, 0) is 26.8 Å². The summed E-state index contributed by atoms with van der Waals surface area (Å²) in [4.78, 5) is 24.9. The number of nitrogens with two attached hydrogens (primary N) is 1. The van der Waals surface area contributed by atoms with E-state index in [1.54, 1.807) is 0 Å². The lowest BCUT2D eigenvalue weighted by Crippen LogP contribution is -3.14. The minimum absolute atomic E-state index is 0.00555. The topological polar surface area (TPSA) is 69.5 Å². The van der Waals surface area contributed by atoms with E-state index in [1.165, 1.54) is 4.90 Å². The summed E-state index contributed by atoms with van der Waals surface area (Å²) in [5.41, 5.74) is 8.39. The van der Waals surface area contributed by atoms with E-state index in [1.807, 2.05) is 19.9 Å². The van der Waals surface area contributed by atoms with Crippen LogP contribution in [0.15, 0.2) is 6.07 Å². The van der Waals surface area contributed by atoms with Crippen LogP contribution in [-0.4, -0.2) is 35.9 Å². The molecule has 1 aliphatic heterocycles. The van der Waals surface area contributed by atoms with Crippen LogP contribution in [0, 0.1) is 19.8 Å². The van der Waals surface area contributed by atoms with Crippen molar-refractivity contribution in [2.45, 2.75) is 40.2 Å². The Morgan fingerprint density at radius 3 is 2.43 bits per heavy atom. The van der Waals surface area contributed by atoms with Crippen LogP contribution in [0.3, 0.4) is 0 Å². The van der Waals surface area contributed by atoms with E-state index in [0.29, 0.717) is 6.54 Å². The van der Waals surface area contributed by atoms with Gasteiger partial charge in [-0.25, -0.2) is 0 Å². The molecule has 0 aromatic carbocycles. The van der Waals surface area contributed by atoms with E-state index < -0.39 is 0 Å². The summed E-state index contributed by atoms with van der Waals surface area (Å²) in [6.45, 7) is 9.25. The predicted molar refractivity (Wildman–Crippen MR) is 81.4 cm³/mol. The zero-order chi connectivity index (χ0) is 15.6. The molecule has 0 aliphatic carbocycles. The van der Waals surface area contributed by atoms with Gasteiger partial charge < -0.3 is 15.2 Å². The third-order valence-corrected chi connectivity index (χ3v) is 4.70. The van der Waals surface area contributed by atoms with Crippen molar-refractivity contribution in [2.75, 3.05) is 19.6 Å². The molecule has 5 nitrogen and oxygen atoms in total. The van der Waals surface area contributed by atoms with Gasteiger partial charge >= 0.3 is 0 Å². The van der Waals surface area contributed by atoms with Crippen molar-refractivity contribution in [1.82, 2.24) is 4.57 Å². The lowest BCUT2D eigenvalue weighted by Gasteiger charge is -2.27. The molecule has 1 amide bonds. The second-order valence-corrected chi connectivity index (χ2v) is 6.06. The highest BCUT2D eigenvalue weighted by Crippen LogP contribution is 2.15. The van der Waals surface area contributed by atoms with Gasteiger partial charge in [0.2, 0.25) is 11.7 Å². The summed E-state index contributed by atoms with van der Waals surface area (Å²) in [5.74, 6) is -0.00352. The highest BCUT2D eigenvalue weighted by atomic mass is 16.1. The molecule has 2 heterocycles. The standard InChI is InChI=1S/C16H25N3O2/c1-4-19-11(2)9-14(12(19)3)15(20)10-18-7-5-13(6-8-18)16(17)21/h9,13H,4-8,10H2,1-3H3,(H2,17,21)/p+1. The van der Waals surface area contributed by atoms with Crippen LogP contribution in [0.1, 0.15) is 41.5 Å². The summed E-state index contributed by atoms with van der Waals surface area (Å²) in [6.07, 6.45) is 1.60. The summed E-state index contributed by atoms with van der Waals surface area (Å²) in [5, 5.41) is 0. The Morgan fingerprint density at radius 2 is 1.95 bits per heavy atom. The Labute approximate surface area is 126 Å². The van der Waals surface area contributed by atoms with Crippen LogP contribution in [-0.2, 0) is 11.3 Å². The van der Waals surface area contributed by atoms with Gasteiger partial charge in [-0.2, -0.15) is 0 Å². The van der Waals surface area contributed by atoms with E-state index in [2.05, 4.69) is 11.5 Å². The first-order valence-electron chi connectivity index (χ1n) is 7.76. The number of hydrogen-bond acceptors (Lipinski definition) is 2. The molecule has 0 spiro atoms. The van der Waals surface area contributed by atoms with Crippen LogP contribution in [0.2, 0.25) is 0 Å². The van der Waals surface area contributed by atoms with Gasteiger partial charge in [-0.15, -0.1) is 0 Å². The maximum Gasteiger partial charge on any atom is 0.220 e. The molecule has 0 unspecified atom stereocenters. The Morgan fingerprint density at radius 1 is 1.33 bits per heavy atom. The van der Waals surface area contributed by atoms with Crippen LogP contribution >= 0.6 is 0 Å². The number of primary amides is 1. The van der Waals surface area contributed by atoms with Gasteiger partial charge in [0, 0.05) is 42.3 Å². The summed E-state index contributed by atoms with van der Waals surface area (Å²) < 4.78 is 2.17. The highest BCUT2D eigenvalue weighted by Gasteiger charge is 2.28. The smallest absolute Gasteiger partial charge is 0.220 e. The normalized spacial score (nSPS) is 22.2.